The highest BCUT2D eigenvalue weighted by atomic mass is 16.4. The normalized spacial score (nSPS) is 12.1. The van der Waals surface area contributed by atoms with Crippen LogP contribution in [0.5, 0.6) is 0 Å². The van der Waals surface area contributed by atoms with E-state index in [2.05, 4.69) is 10.3 Å². The first kappa shape index (κ1) is 12.2. The van der Waals surface area contributed by atoms with Crippen LogP contribution in [-0.2, 0) is 23.1 Å². The highest BCUT2D eigenvalue weighted by Gasteiger charge is 2.20. The number of aromatic nitrogens is 2. The van der Waals surface area contributed by atoms with Crippen molar-refractivity contribution in [2.24, 2.45) is 12.8 Å². The topological polar surface area (TPSA) is 110 Å². The van der Waals surface area contributed by atoms with Gasteiger partial charge in [-0.2, -0.15) is 0 Å². The molecule has 0 radical (unpaired) electrons. The smallest absolute Gasteiger partial charge is 0.326 e. The number of imidazole rings is 1. The molecule has 16 heavy (non-hydrogen) atoms. The Kier molecular flexibility index (Phi) is 4.01. The molecule has 0 saturated heterocycles. The number of hydrogen-bond acceptors (Lipinski definition) is 4. The van der Waals surface area contributed by atoms with Crippen LogP contribution in [0.3, 0.4) is 0 Å². The summed E-state index contributed by atoms with van der Waals surface area (Å²) < 4.78 is 1.71. The standard InChI is InChI=1S/C9H14N4O3/c1-13-4-6(11-5-13)2-7(9(15)16)12-8(14)3-10/h4-5,7H,2-3,10H2,1H3,(H,12,14)(H,15,16). The number of carboxylic acids is 1. The largest absolute Gasteiger partial charge is 0.480 e. The number of amides is 1. The van der Waals surface area contributed by atoms with Gasteiger partial charge in [0.25, 0.3) is 0 Å². The molecule has 1 rings (SSSR count). The van der Waals surface area contributed by atoms with E-state index in [4.69, 9.17) is 10.8 Å². The molecule has 1 aromatic rings. The van der Waals surface area contributed by atoms with Gasteiger partial charge < -0.3 is 20.7 Å². The number of nitrogens with two attached hydrogens (primary N) is 1. The van der Waals surface area contributed by atoms with Crippen LogP contribution in [0, 0.1) is 0 Å². The summed E-state index contributed by atoms with van der Waals surface area (Å²) in [6, 6.07) is -0.994. The Labute approximate surface area is 92.3 Å². The molecule has 0 bridgehead atoms. The van der Waals surface area contributed by atoms with E-state index in [0.29, 0.717) is 5.69 Å². The lowest BCUT2D eigenvalue weighted by Crippen LogP contribution is -2.44. The van der Waals surface area contributed by atoms with Crippen molar-refractivity contribution < 1.29 is 14.7 Å². The van der Waals surface area contributed by atoms with Crippen molar-refractivity contribution in [2.45, 2.75) is 12.5 Å². The maximum absolute atomic E-state index is 11.0. The summed E-state index contributed by atoms with van der Waals surface area (Å²) in [4.78, 5) is 25.9. The van der Waals surface area contributed by atoms with Gasteiger partial charge in [-0.1, -0.05) is 0 Å². The maximum atomic E-state index is 11.0. The third-order valence-electron chi connectivity index (χ3n) is 1.99. The Morgan fingerprint density at radius 3 is 2.81 bits per heavy atom. The Morgan fingerprint density at radius 1 is 1.69 bits per heavy atom. The van der Waals surface area contributed by atoms with Crippen LogP contribution in [0.1, 0.15) is 5.69 Å². The van der Waals surface area contributed by atoms with Gasteiger partial charge in [-0.25, -0.2) is 9.78 Å². The molecule has 0 aliphatic heterocycles. The Bertz CT molecular complexity index is 388. The predicted octanol–water partition coefficient (Wildman–Crippen LogP) is -1.51. The number of carboxylic acid groups (broad SMARTS) is 1. The van der Waals surface area contributed by atoms with E-state index in [1.807, 2.05) is 0 Å². The molecule has 7 heteroatoms. The molecule has 4 N–H and O–H groups in total. The first-order valence-electron chi connectivity index (χ1n) is 4.72. The molecule has 0 fully saturated rings. The zero-order valence-corrected chi connectivity index (χ0v) is 8.88. The van der Waals surface area contributed by atoms with E-state index in [-0.39, 0.29) is 13.0 Å². The zero-order valence-electron chi connectivity index (χ0n) is 8.88. The molecule has 1 atom stereocenters. The minimum absolute atomic E-state index is 0.141. The number of carbonyl (C=O) groups excluding carboxylic acids is 1. The van der Waals surface area contributed by atoms with Crippen molar-refractivity contribution in [3.8, 4) is 0 Å². The molecule has 0 saturated carbocycles. The molecule has 0 aliphatic rings. The number of rotatable bonds is 5. The minimum Gasteiger partial charge on any atom is -0.480 e. The molecule has 7 nitrogen and oxygen atoms in total. The summed E-state index contributed by atoms with van der Waals surface area (Å²) in [5.41, 5.74) is 5.70. The maximum Gasteiger partial charge on any atom is 0.326 e. The lowest BCUT2D eigenvalue weighted by atomic mass is 10.1. The van der Waals surface area contributed by atoms with Crippen LogP contribution in [0.25, 0.3) is 0 Å². The van der Waals surface area contributed by atoms with Gasteiger partial charge in [0.05, 0.1) is 18.6 Å². The third-order valence-corrected chi connectivity index (χ3v) is 1.99. The number of nitrogens with zero attached hydrogens (tertiary/aromatic N) is 2. The summed E-state index contributed by atoms with van der Waals surface area (Å²) in [5.74, 6) is -1.60. The highest BCUT2D eigenvalue weighted by molar-refractivity contribution is 5.84. The van der Waals surface area contributed by atoms with Gasteiger partial charge in [0.2, 0.25) is 5.91 Å². The monoisotopic (exact) mass is 226 g/mol. The quantitative estimate of drug-likeness (QED) is 0.565. The van der Waals surface area contributed by atoms with E-state index in [0.717, 1.165) is 0 Å². The summed E-state index contributed by atoms with van der Waals surface area (Å²) in [7, 11) is 1.78. The zero-order chi connectivity index (χ0) is 12.1. The van der Waals surface area contributed by atoms with Gasteiger partial charge in [0.15, 0.2) is 0 Å². The molecular formula is C9H14N4O3. The van der Waals surface area contributed by atoms with Crippen LogP contribution in [0.2, 0.25) is 0 Å². The molecule has 88 valence electrons. The Morgan fingerprint density at radius 2 is 2.38 bits per heavy atom. The first-order valence-corrected chi connectivity index (χ1v) is 4.72. The van der Waals surface area contributed by atoms with Crippen LogP contribution >= 0.6 is 0 Å². The van der Waals surface area contributed by atoms with Crippen molar-refractivity contribution >= 4 is 11.9 Å². The van der Waals surface area contributed by atoms with Crippen LogP contribution in [0.15, 0.2) is 12.5 Å². The molecular weight excluding hydrogens is 212 g/mol. The van der Waals surface area contributed by atoms with E-state index in [1.165, 1.54) is 0 Å². The fourth-order valence-corrected chi connectivity index (χ4v) is 1.23. The summed E-state index contributed by atoms with van der Waals surface area (Å²) in [5, 5.41) is 11.2. The van der Waals surface area contributed by atoms with E-state index in [9.17, 15) is 9.59 Å². The second kappa shape index (κ2) is 5.26. The number of nitrogens with one attached hydrogen (secondary N) is 1. The summed E-state index contributed by atoms with van der Waals surface area (Å²) in [6.45, 7) is -0.230. The molecule has 0 aliphatic carbocycles. The molecule has 1 heterocycles. The molecule has 0 aromatic carbocycles. The lowest BCUT2D eigenvalue weighted by molar-refractivity contribution is -0.141. The van der Waals surface area contributed by atoms with Crippen molar-refractivity contribution in [1.82, 2.24) is 14.9 Å². The average Bonchev–Trinajstić information content (AvgIpc) is 2.62. The first-order chi connectivity index (χ1) is 7.52. The van der Waals surface area contributed by atoms with Crippen molar-refractivity contribution in [2.75, 3.05) is 6.54 Å². The Balaban J connectivity index is 2.65. The Hall–Kier alpha value is -1.89. The number of carbonyl (C=O) groups is 2. The van der Waals surface area contributed by atoms with E-state index in [1.54, 1.807) is 24.1 Å². The fraction of sp³-hybridized carbons (Fsp3) is 0.444. The molecule has 1 unspecified atom stereocenters. The molecule has 1 amide bonds. The van der Waals surface area contributed by atoms with Gasteiger partial charge >= 0.3 is 5.97 Å². The van der Waals surface area contributed by atoms with E-state index >= 15 is 0 Å². The number of aliphatic carboxylic acids is 1. The van der Waals surface area contributed by atoms with Gasteiger partial charge in [-0.3, -0.25) is 4.79 Å². The highest BCUT2D eigenvalue weighted by Crippen LogP contribution is 2.00. The minimum atomic E-state index is -1.10. The second-order valence-electron chi connectivity index (χ2n) is 3.40. The summed E-state index contributed by atoms with van der Waals surface area (Å²) in [6.07, 6.45) is 3.41. The SMILES string of the molecule is Cn1cnc(CC(NC(=O)CN)C(=O)O)c1. The van der Waals surface area contributed by atoms with Crippen molar-refractivity contribution in [3.63, 3.8) is 0 Å². The van der Waals surface area contributed by atoms with Crippen molar-refractivity contribution in [3.05, 3.63) is 18.2 Å². The van der Waals surface area contributed by atoms with Gasteiger partial charge in [0, 0.05) is 19.7 Å². The van der Waals surface area contributed by atoms with Gasteiger partial charge in [0.1, 0.15) is 6.04 Å². The van der Waals surface area contributed by atoms with Gasteiger partial charge in [-0.05, 0) is 0 Å². The molecule has 0 spiro atoms. The lowest BCUT2D eigenvalue weighted by Gasteiger charge is -2.12. The van der Waals surface area contributed by atoms with Crippen LogP contribution in [-0.4, -0.2) is 39.1 Å². The number of aryl methyl sites for hydroxylation is 1. The fourth-order valence-electron chi connectivity index (χ4n) is 1.23. The second-order valence-corrected chi connectivity index (χ2v) is 3.40. The van der Waals surface area contributed by atoms with Gasteiger partial charge in [-0.15, -0.1) is 0 Å². The van der Waals surface area contributed by atoms with E-state index < -0.39 is 17.9 Å². The average molecular weight is 226 g/mol. The summed E-state index contributed by atoms with van der Waals surface area (Å²) >= 11 is 0. The third kappa shape index (κ3) is 3.35. The van der Waals surface area contributed by atoms with Crippen LogP contribution < -0.4 is 11.1 Å². The predicted molar refractivity (Wildman–Crippen MR) is 55.5 cm³/mol. The molecule has 1 aromatic heterocycles. The number of hydrogen-bond donors (Lipinski definition) is 3. The van der Waals surface area contributed by atoms with Crippen molar-refractivity contribution in [1.29, 1.82) is 0 Å². The van der Waals surface area contributed by atoms with Crippen LogP contribution in [0.4, 0.5) is 0 Å².